The lowest BCUT2D eigenvalue weighted by atomic mass is 9.74. The number of ether oxygens (including phenoxy) is 1. The molecule has 25 nitrogen and oxygen atoms in total. The number of nitrogens with zero attached hydrogens (tertiary/aromatic N) is 9. The second kappa shape index (κ2) is 36.5. The number of hydrogen-bond donors (Lipinski definition) is 3. The quantitative estimate of drug-likeness (QED) is 0.130. The van der Waals surface area contributed by atoms with Crippen LogP contribution in [-0.4, -0.2) is 288 Å². The van der Waals surface area contributed by atoms with Gasteiger partial charge in [-0.3, -0.25) is 57.5 Å². The van der Waals surface area contributed by atoms with Gasteiger partial charge in [-0.25, -0.2) is 8.78 Å². The van der Waals surface area contributed by atoms with Crippen LogP contribution in [0.5, 0.6) is 0 Å². The fraction of sp³-hybridized carbons (Fsp3) is 0.806. The molecule has 0 aromatic rings. The van der Waals surface area contributed by atoms with E-state index in [1.165, 1.54) is 76.0 Å². The fourth-order valence-electron chi connectivity index (χ4n) is 16.3. The van der Waals surface area contributed by atoms with Crippen LogP contribution in [0.4, 0.5) is 22.0 Å². The van der Waals surface area contributed by atoms with Crippen LogP contribution in [0.1, 0.15) is 169 Å². The van der Waals surface area contributed by atoms with Crippen molar-refractivity contribution in [3.63, 3.8) is 0 Å². The summed E-state index contributed by atoms with van der Waals surface area (Å²) >= 11 is 6.08. The molecule has 4 aliphatic carbocycles. The number of rotatable bonds is 12. The zero-order valence-corrected chi connectivity index (χ0v) is 62.9. The summed E-state index contributed by atoms with van der Waals surface area (Å²) in [4.78, 5) is 190. The Morgan fingerprint density at radius 1 is 0.680 bits per heavy atom. The summed E-state index contributed by atoms with van der Waals surface area (Å²) in [7, 11) is 11.1. The first-order valence-corrected chi connectivity index (χ1v) is 37.5. The molecule has 3 N–H and O–H groups in total. The van der Waals surface area contributed by atoms with Crippen molar-refractivity contribution in [2.75, 3.05) is 89.2 Å². The lowest BCUT2D eigenvalue weighted by Crippen LogP contribution is -2.68. The first kappa shape index (κ1) is 83.6. The Hall–Kier alpha value is -6.72. The number of nitrogens with one attached hydrogen (secondary N) is 3. The van der Waals surface area contributed by atoms with E-state index in [4.69, 9.17) is 16.3 Å². The van der Waals surface area contributed by atoms with E-state index in [0.717, 1.165) is 24.5 Å². The van der Waals surface area contributed by atoms with Gasteiger partial charge in [-0.05, 0) is 140 Å². The van der Waals surface area contributed by atoms with Gasteiger partial charge in [-0.15, -0.1) is 11.6 Å². The van der Waals surface area contributed by atoms with E-state index in [0.29, 0.717) is 38.5 Å². The Morgan fingerprint density at radius 2 is 1.31 bits per heavy atom. The highest BCUT2D eigenvalue weighted by Crippen LogP contribution is 2.43. The average molecular weight is 1480 g/mol. The van der Waals surface area contributed by atoms with Gasteiger partial charge < -0.3 is 64.8 Å². The summed E-state index contributed by atoms with van der Waals surface area (Å²) in [6.45, 7) is 5.36. The molecular formula is C72H112ClF5N12O13. The number of fused-ring (bicyclic) bond motifs is 3. The Balaban J connectivity index is 1.31. The minimum atomic E-state index is -4.47. The van der Waals surface area contributed by atoms with Crippen LogP contribution in [0.2, 0.25) is 0 Å². The number of halogens is 6. The molecule has 0 radical (unpaired) electrons. The lowest BCUT2D eigenvalue weighted by Gasteiger charge is -2.46. The molecule has 31 heteroatoms. The number of carbonyl (C=O) groups is 12. The average Bonchev–Trinajstić information content (AvgIpc) is 1.68. The highest BCUT2D eigenvalue weighted by Gasteiger charge is 2.54. The van der Waals surface area contributed by atoms with Gasteiger partial charge >= 0.3 is 6.18 Å². The largest absolute Gasteiger partial charge is 0.391 e. The second-order valence-electron chi connectivity index (χ2n) is 30.3. The highest BCUT2D eigenvalue weighted by molar-refractivity contribution is 6.21. The Kier molecular flexibility index (Phi) is 29.6. The van der Waals surface area contributed by atoms with Gasteiger partial charge in [0.2, 0.25) is 70.9 Å². The van der Waals surface area contributed by atoms with Gasteiger partial charge in [0.15, 0.2) is 0 Å². The summed E-state index contributed by atoms with van der Waals surface area (Å²) in [5, 5.41) is 7.15. The van der Waals surface area contributed by atoms with Crippen molar-refractivity contribution in [3.05, 3.63) is 12.2 Å². The molecule has 580 valence electrons. The zero-order valence-electron chi connectivity index (χ0n) is 62.2. The molecule has 2 bridgehead atoms. The van der Waals surface area contributed by atoms with Crippen molar-refractivity contribution >= 4 is 82.5 Å². The van der Waals surface area contributed by atoms with Crippen molar-refractivity contribution in [2.24, 2.45) is 29.6 Å². The maximum absolute atomic E-state index is 15.5. The smallest absolute Gasteiger partial charge is 0.377 e. The van der Waals surface area contributed by atoms with E-state index in [1.54, 1.807) is 39.8 Å². The second-order valence-corrected chi connectivity index (χ2v) is 30.8. The molecule has 12 amide bonds. The Labute approximate surface area is 608 Å². The number of amides is 12. The van der Waals surface area contributed by atoms with Gasteiger partial charge in [0.1, 0.15) is 66.2 Å². The zero-order chi connectivity index (χ0) is 76.3. The van der Waals surface area contributed by atoms with Gasteiger partial charge in [0.25, 0.3) is 0 Å². The first-order chi connectivity index (χ1) is 48.5. The van der Waals surface area contributed by atoms with Gasteiger partial charge in [0, 0.05) is 82.5 Å². The van der Waals surface area contributed by atoms with Crippen molar-refractivity contribution in [1.29, 1.82) is 0 Å². The van der Waals surface area contributed by atoms with Crippen LogP contribution in [0.3, 0.4) is 0 Å². The summed E-state index contributed by atoms with van der Waals surface area (Å²) in [6.07, 6.45) is -3.32. The standard InChI is InChI=1S/C72H112ClF5N12O13/c1-13-42(4)60-68(100)84(8)41-58(93)86(10)52-24-17-16-20-33-89(67(52)99)55(36-43-25-28-46(29-26-43)72(76,77)78)66(98)83(7)40-56(91)79-50(30-27-44-34-48(74)59(73)49(75)35-44)64(96)90-39-47(103-15-3)37-53(90)63(95)81-71(31-21-32-71)70(102)88(12)61(45-22-18-19-23-45)69(101)87(11)54(65(97)82(5)6)38-57(92)85(9)51(14-2)62(94)80-60/h16-17,42-55,59-61H,13-15,18-41H2,1-12H3,(H,79,91)(H,80,94)(H,81,95)/b17-16-/t42-,43?,44?,46?,47+,48?,49?,50-,51-,52-,53-,54-,55-,59?,60-,61-/m0/s1. The predicted molar refractivity (Wildman–Crippen MR) is 372 cm³/mol. The third-order valence-electron chi connectivity index (χ3n) is 23.1. The lowest BCUT2D eigenvalue weighted by molar-refractivity contribution is -0.184. The van der Waals surface area contributed by atoms with E-state index >= 15 is 37.5 Å². The number of likely N-dealkylation sites (N-methyl/N-ethyl adjacent to an activating group) is 7. The summed E-state index contributed by atoms with van der Waals surface area (Å²) < 4.78 is 78.9. The number of hydrogen-bond acceptors (Lipinski definition) is 13. The van der Waals surface area contributed by atoms with Crippen LogP contribution < -0.4 is 16.0 Å². The monoisotopic (exact) mass is 1480 g/mol. The van der Waals surface area contributed by atoms with Gasteiger partial charge in [0.05, 0.1) is 36.9 Å². The molecule has 103 heavy (non-hydrogen) atoms. The Morgan fingerprint density at radius 3 is 1.88 bits per heavy atom. The number of carbonyl (C=O) groups excluding carboxylic acids is 12. The molecule has 7 rings (SSSR count). The molecule has 3 heterocycles. The molecule has 2 unspecified atom stereocenters. The molecule has 7 aliphatic rings. The van der Waals surface area contributed by atoms with E-state index in [9.17, 15) is 41.9 Å². The Bertz CT molecular complexity index is 3070. The molecule has 3 aliphatic heterocycles. The molecule has 12 atom stereocenters. The minimum absolute atomic E-state index is 0.0159. The third-order valence-corrected chi connectivity index (χ3v) is 23.7. The molecule has 0 aromatic heterocycles. The fourth-order valence-corrected chi connectivity index (χ4v) is 16.5. The number of alkyl halides is 6. The van der Waals surface area contributed by atoms with Crippen molar-refractivity contribution in [2.45, 2.75) is 253 Å². The molecule has 2 saturated heterocycles. The van der Waals surface area contributed by atoms with E-state index in [-0.39, 0.29) is 116 Å². The van der Waals surface area contributed by atoms with Crippen molar-refractivity contribution < 1.29 is 84.2 Å². The van der Waals surface area contributed by atoms with Crippen LogP contribution in [0, 0.1) is 29.6 Å². The first-order valence-electron chi connectivity index (χ1n) is 37.0. The third kappa shape index (κ3) is 20.1. The maximum Gasteiger partial charge on any atom is 0.391 e. The molecule has 4 saturated carbocycles. The topological polar surface area (TPSA) is 279 Å². The summed E-state index contributed by atoms with van der Waals surface area (Å²) in [6, 6.07) is -10.8. The van der Waals surface area contributed by atoms with Crippen LogP contribution in [0.15, 0.2) is 12.2 Å². The van der Waals surface area contributed by atoms with Crippen molar-refractivity contribution in [1.82, 2.24) is 60.0 Å². The molecular weight excluding hydrogens is 1370 g/mol. The molecule has 1 spiro atoms. The van der Waals surface area contributed by atoms with E-state index < -0.39 is 204 Å². The normalized spacial score (nSPS) is 32.7. The van der Waals surface area contributed by atoms with Gasteiger partial charge in [-0.1, -0.05) is 52.2 Å². The molecule has 0 aromatic carbocycles. The minimum Gasteiger partial charge on any atom is -0.377 e. The van der Waals surface area contributed by atoms with E-state index in [2.05, 4.69) is 16.0 Å². The molecule has 6 fully saturated rings. The van der Waals surface area contributed by atoms with Crippen LogP contribution in [0.25, 0.3) is 0 Å². The van der Waals surface area contributed by atoms with Crippen LogP contribution >= 0.6 is 11.6 Å². The predicted octanol–water partition coefficient (Wildman–Crippen LogP) is 5.14. The van der Waals surface area contributed by atoms with E-state index in [1.807, 2.05) is 0 Å². The maximum atomic E-state index is 15.5. The summed E-state index contributed by atoms with van der Waals surface area (Å²) in [5.74, 6) is -12.5. The SMILES string of the molecule is CCO[C@@H]1C[C@H]2C(=O)NC3(CCC3)C(=O)N(C)[C@@H](C3CCCC3)C(=O)N(C)[C@H](C(=O)N(C)C)CC(=O)N(C)[C@@H](CC)C(=O)N[C@@H]([C@@H](C)CC)C(=O)N(C)CC(=O)N(C)[C@H]3C/C=C\CCN(C3=O)[C@@H](CC3CCC(C(F)(F)F)CC3)C(=O)N(C)CC(=O)N[C@@H](CCC3CC(F)C(Cl)C(F)C3)C(=O)N2C1. The summed E-state index contributed by atoms with van der Waals surface area (Å²) in [5.41, 5.74) is -1.61. The van der Waals surface area contributed by atoms with Gasteiger partial charge in [-0.2, -0.15) is 13.2 Å². The highest BCUT2D eigenvalue weighted by atomic mass is 35.5. The van der Waals surface area contributed by atoms with Crippen molar-refractivity contribution in [3.8, 4) is 0 Å². The van der Waals surface area contributed by atoms with Crippen LogP contribution in [-0.2, 0) is 62.3 Å².